The van der Waals surface area contributed by atoms with Gasteiger partial charge in [0.05, 0.1) is 12.6 Å². The summed E-state index contributed by atoms with van der Waals surface area (Å²) < 4.78 is 7.41. The lowest BCUT2D eigenvalue weighted by atomic mass is 10.1. The lowest BCUT2D eigenvalue weighted by Crippen LogP contribution is -2.33. The molecule has 0 aliphatic carbocycles. The highest BCUT2D eigenvalue weighted by Crippen LogP contribution is 2.39. The van der Waals surface area contributed by atoms with Crippen LogP contribution in [-0.2, 0) is 16.1 Å². The van der Waals surface area contributed by atoms with E-state index in [-0.39, 0.29) is 29.2 Å². The molecule has 1 saturated heterocycles. The van der Waals surface area contributed by atoms with E-state index < -0.39 is 31.4 Å². The summed E-state index contributed by atoms with van der Waals surface area (Å²) >= 11 is 5.20. The number of carbonyl (C=O) groups excluding carboxylic acids is 1. The molecule has 1 aliphatic rings. The van der Waals surface area contributed by atoms with Crippen LogP contribution in [0.5, 0.6) is 0 Å². The molecule has 0 amide bonds. The number of aliphatic hydroxyl groups excluding tert-OH is 2. The van der Waals surface area contributed by atoms with E-state index >= 15 is 0 Å². The van der Waals surface area contributed by atoms with E-state index in [0.717, 1.165) is 6.16 Å². The zero-order valence-corrected chi connectivity index (χ0v) is 17.6. The second kappa shape index (κ2) is 8.94. The predicted octanol–water partition coefficient (Wildman–Crippen LogP) is 0.303. The molecule has 4 N–H and O–H groups in total. The van der Waals surface area contributed by atoms with Crippen molar-refractivity contribution in [2.45, 2.75) is 44.4 Å². The first kappa shape index (κ1) is 22.2. The highest BCUT2D eigenvalue weighted by atomic mass is 32.1. The van der Waals surface area contributed by atoms with E-state index in [1.54, 1.807) is 0 Å². The third-order valence-corrected chi connectivity index (χ3v) is 6.14. The highest BCUT2D eigenvalue weighted by molar-refractivity contribution is 7.72. The molecule has 152 valence electrons. The topological polar surface area (TPSA) is 117 Å². The van der Waals surface area contributed by atoms with Crippen LogP contribution in [0.15, 0.2) is 11.0 Å². The van der Waals surface area contributed by atoms with E-state index in [9.17, 15) is 19.8 Å². The maximum absolute atomic E-state index is 12.1. The Morgan fingerprint density at radius 3 is 2.70 bits per heavy atom. The molecule has 2 unspecified atom stereocenters. The standard InChI is InChI=1S/C17H28N3O5PS/c1-10(21)7-18-8-11-9-20(17(27)19-15(11)24)16-14(23)13(22)12(25-16)5-6-26(2,3)4/h9,12-14,16,18,22-23H,2,5-8H2,1,3-4H3,(H,19,24,27)/t12?,13-,14-,16?/m1/s1. The van der Waals surface area contributed by atoms with Crippen molar-refractivity contribution in [1.29, 1.82) is 0 Å². The predicted molar refractivity (Wildman–Crippen MR) is 110 cm³/mol. The molecule has 1 aliphatic heterocycles. The summed E-state index contributed by atoms with van der Waals surface area (Å²) in [5, 5.41) is 23.7. The fourth-order valence-electron chi connectivity index (χ4n) is 2.89. The number of hydrogen-bond donors (Lipinski definition) is 4. The van der Waals surface area contributed by atoms with Crippen molar-refractivity contribution in [2.24, 2.45) is 0 Å². The molecule has 0 saturated carbocycles. The number of aliphatic hydroxyl groups is 2. The third kappa shape index (κ3) is 5.94. The van der Waals surface area contributed by atoms with E-state index in [1.807, 2.05) is 0 Å². The van der Waals surface area contributed by atoms with Gasteiger partial charge in [-0.15, -0.1) is 13.2 Å². The third-order valence-electron chi connectivity index (χ3n) is 4.36. The van der Waals surface area contributed by atoms with Crippen LogP contribution >= 0.6 is 19.1 Å². The second-order valence-electron chi connectivity index (χ2n) is 7.62. The Hall–Kier alpha value is -1.09. The van der Waals surface area contributed by atoms with E-state index in [4.69, 9.17) is 17.0 Å². The molecule has 0 aromatic carbocycles. The lowest BCUT2D eigenvalue weighted by molar-refractivity contribution is -0.116. The van der Waals surface area contributed by atoms with Gasteiger partial charge in [0.2, 0.25) is 0 Å². The second-order valence-corrected chi connectivity index (χ2v) is 12.3. The number of nitrogens with zero attached hydrogens (tertiary/aromatic N) is 1. The number of H-pyrrole nitrogens is 1. The van der Waals surface area contributed by atoms with Gasteiger partial charge >= 0.3 is 0 Å². The van der Waals surface area contributed by atoms with Crippen LogP contribution < -0.4 is 10.9 Å². The monoisotopic (exact) mass is 417 g/mol. The van der Waals surface area contributed by atoms with Gasteiger partial charge in [0.1, 0.15) is 18.0 Å². The Balaban J connectivity index is 2.21. The number of hydrogen-bond acceptors (Lipinski definition) is 7. The molecule has 2 heterocycles. The van der Waals surface area contributed by atoms with Gasteiger partial charge in [0.25, 0.3) is 5.56 Å². The fraction of sp³-hybridized carbons (Fsp3) is 0.647. The number of carbonyl (C=O) groups is 1. The average Bonchev–Trinajstić information content (AvgIpc) is 2.82. The molecule has 1 fully saturated rings. The Morgan fingerprint density at radius 2 is 2.11 bits per heavy atom. The van der Waals surface area contributed by atoms with Crippen LogP contribution in [0.1, 0.15) is 25.1 Å². The molecule has 0 bridgehead atoms. The maximum atomic E-state index is 12.1. The lowest BCUT2D eigenvalue weighted by Gasteiger charge is -2.20. The quantitative estimate of drug-likeness (QED) is 0.355. The van der Waals surface area contributed by atoms with Crippen molar-refractivity contribution in [3.63, 3.8) is 0 Å². The number of aromatic amines is 1. The number of nitrogens with one attached hydrogen (secondary N) is 2. The summed E-state index contributed by atoms with van der Waals surface area (Å²) in [5.74, 6) is -0.0455. The molecule has 0 radical (unpaired) electrons. The normalized spacial score (nSPS) is 25.7. The molecule has 1 aromatic rings. The van der Waals surface area contributed by atoms with Crippen LogP contribution in [0, 0.1) is 4.77 Å². The molecule has 10 heteroatoms. The molecular weight excluding hydrogens is 389 g/mol. The summed E-state index contributed by atoms with van der Waals surface area (Å²) in [6, 6.07) is 0. The molecule has 4 atom stereocenters. The molecule has 1 aromatic heterocycles. The van der Waals surface area contributed by atoms with Crippen LogP contribution in [0.3, 0.4) is 0 Å². The first-order valence-corrected chi connectivity index (χ1v) is 12.2. The molecule has 0 spiro atoms. The fourth-order valence-corrected chi connectivity index (χ4v) is 4.09. The molecule has 2 rings (SSSR count). The number of ketones is 1. The van der Waals surface area contributed by atoms with E-state index in [0.29, 0.717) is 12.0 Å². The van der Waals surface area contributed by atoms with Crippen LogP contribution in [0.2, 0.25) is 0 Å². The van der Waals surface area contributed by atoms with E-state index in [2.05, 4.69) is 29.9 Å². The van der Waals surface area contributed by atoms with Crippen molar-refractivity contribution in [3.05, 3.63) is 26.9 Å². The van der Waals surface area contributed by atoms with Crippen molar-refractivity contribution >= 4 is 31.2 Å². The van der Waals surface area contributed by atoms with Gasteiger partial charge in [-0.25, -0.2) is 0 Å². The van der Waals surface area contributed by atoms with E-state index in [1.165, 1.54) is 17.7 Å². The Kier molecular flexibility index (Phi) is 7.35. The minimum Gasteiger partial charge on any atom is -0.388 e. The van der Waals surface area contributed by atoms with Crippen LogP contribution in [-0.4, -0.2) is 76.2 Å². The van der Waals surface area contributed by atoms with Crippen LogP contribution in [0.4, 0.5) is 0 Å². The average molecular weight is 417 g/mol. The number of rotatable bonds is 8. The van der Waals surface area contributed by atoms with Crippen molar-refractivity contribution in [3.8, 4) is 0 Å². The zero-order valence-electron chi connectivity index (χ0n) is 15.8. The molecule has 8 nitrogen and oxygen atoms in total. The largest absolute Gasteiger partial charge is 0.388 e. The zero-order chi connectivity index (χ0) is 20.4. The summed E-state index contributed by atoms with van der Waals surface area (Å²) in [4.78, 5) is 25.7. The number of Topliss-reactive ketones (excluding diaryl/α,β-unsaturated/α-hetero) is 1. The minimum absolute atomic E-state index is 0.0455. The van der Waals surface area contributed by atoms with Gasteiger partial charge in [0.15, 0.2) is 11.0 Å². The smallest absolute Gasteiger partial charge is 0.256 e. The van der Waals surface area contributed by atoms with Gasteiger partial charge in [-0.3, -0.25) is 19.1 Å². The number of aromatic nitrogens is 2. The summed E-state index contributed by atoms with van der Waals surface area (Å²) in [6.45, 7) is 4.67. The van der Waals surface area contributed by atoms with Crippen molar-refractivity contribution in [1.82, 2.24) is 14.9 Å². The summed E-state index contributed by atoms with van der Waals surface area (Å²) in [5.41, 5.74) is -0.0242. The Morgan fingerprint density at radius 1 is 1.44 bits per heavy atom. The highest BCUT2D eigenvalue weighted by Gasteiger charge is 2.43. The van der Waals surface area contributed by atoms with Gasteiger partial charge in [-0.1, -0.05) is 0 Å². The van der Waals surface area contributed by atoms with Gasteiger partial charge in [0, 0.05) is 18.3 Å². The SMILES string of the molecule is C=P(C)(C)CCC1OC(n2cc(CNCC(C)=O)c(=O)[nH]c2=S)[C@H](O)[C@@H]1O. The molecule has 27 heavy (non-hydrogen) atoms. The maximum Gasteiger partial charge on any atom is 0.256 e. The molecular formula is C17H28N3O5PS. The minimum atomic E-state index is -1.28. The van der Waals surface area contributed by atoms with Gasteiger partial charge in [-0.2, -0.15) is 0 Å². The van der Waals surface area contributed by atoms with Gasteiger partial charge < -0.3 is 20.3 Å². The number of ether oxygens (including phenoxy) is 1. The van der Waals surface area contributed by atoms with Crippen molar-refractivity contribution in [2.75, 3.05) is 26.0 Å². The van der Waals surface area contributed by atoms with Crippen molar-refractivity contribution < 1.29 is 19.7 Å². The first-order valence-electron chi connectivity index (χ1n) is 8.73. The summed E-state index contributed by atoms with van der Waals surface area (Å²) in [6.07, 6.45) is 3.41. The first-order chi connectivity index (χ1) is 12.5. The van der Waals surface area contributed by atoms with Gasteiger partial charge in [-0.05, 0) is 45.1 Å². The van der Waals surface area contributed by atoms with Crippen LogP contribution in [0.25, 0.3) is 0 Å². The Labute approximate surface area is 163 Å². The Bertz CT molecular complexity index is 846. The summed E-state index contributed by atoms with van der Waals surface area (Å²) in [7, 11) is 0.